The monoisotopic (exact) mass is 454 g/mol. The number of rotatable bonds is 4. The lowest BCUT2D eigenvalue weighted by Gasteiger charge is -2.35. The first-order chi connectivity index (χ1) is 14.6. The van der Waals surface area contributed by atoms with E-state index in [4.69, 9.17) is 0 Å². The minimum Gasteiger partial charge on any atom is -0.480 e. The smallest absolute Gasteiger partial charge is 0.416 e. The zero-order valence-electron chi connectivity index (χ0n) is 16.4. The average molecular weight is 454 g/mol. The summed E-state index contributed by atoms with van der Waals surface area (Å²) < 4.78 is 64.8. The lowest BCUT2D eigenvalue weighted by Crippen LogP contribution is -2.55. The van der Waals surface area contributed by atoms with Crippen LogP contribution in [0.4, 0.5) is 13.2 Å². The Balaban J connectivity index is 1.82. The fourth-order valence-corrected chi connectivity index (χ4v) is 6.64. The first-order valence-corrected chi connectivity index (χ1v) is 11.3. The molecule has 31 heavy (non-hydrogen) atoms. The Morgan fingerprint density at radius 3 is 2.29 bits per heavy atom. The highest BCUT2D eigenvalue weighted by Crippen LogP contribution is 2.48. The van der Waals surface area contributed by atoms with Crippen molar-refractivity contribution in [3.8, 4) is 11.1 Å². The zero-order valence-corrected chi connectivity index (χ0v) is 17.3. The number of sulfonamides is 1. The van der Waals surface area contributed by atoms with Crippen LogP contribution in [0.25, 0.3) is 11.1 Å². The van der Waals surface area contributed by atoms with Crippen LogP contribution >= 0.6 is 0 Å². The predicted octanol–water partition coefficient (Wildman–Crippen LogP) is 2.83. The van der Waals surface area contributed by atoms with Crippen molar-refractivity contribution >= 4 is 16.0 Å². The van der Waals surface area contributed by atoms with Gasteiger partial charge in [-0.25, -0.2) is 8.42 Å². The summed E-state index contributed by atoms with van der Waals surface area (Å²) in [5.41, 5.74) is 0.972. The normalized spacial score (nSPS) is 22.3. The molecule has 0 spiro atoms. The number of nitrogens with zero attached hydrogens (tertiary/aromatic N) is 1. The van der Waals surface area contributed by atoms with Gasteiger partial charge in [-0.3, -0.25) is 4.79 Å². The second-order valence-electron chi connectivity index (χ2n) is 7.69. The van der Waals surface area contributed by atoms with Crippen LogP contribution in [0.5, 0.6) is 0 Å². The number of piperazine rings is 1. The Hall–Kier alpha value is -2.43. The first kappa shape index (κ1) is 21.8. The van der Waals surface area contributed by atoms with Crippen LogP contribution < -0.4 is 5.32 Å². The number of fused-ring (bicyclic) bond motifs is 1. The molecule has 0 aromatic heterocycles. The van der Waals surface area contributed by atoms with Gasteiger partial charge in [-0.05, 0) is 47.2 Å². The van der Waals surface area contributed by atoms with Crippen molar-refractivity contribution in [2.45, 2.75) is 23.8 Å². The molecular weight excluding hydrogens is 433 g/mol. The molecule has 0 amide bonds. The molecule has 1 aliphatic heterocycles. The van der Waals surface area contributed by atoms with E-state index in [9.17, 15) is 31.5 Å². The van der Waals surface area contributed by atoms with E-state index in [-0.39, 0.29) is 31.5 Å². The molecule has 1 saturated heterocycles. The molecule has 2 aromatic rings. The summed E-state index contributed by atoms with van der Waals surface area (Å²) in [5, 5.41) is 13.2. The van der Waals surface area contributed by atoms with E-state index in [1.807, 2.05) is 0 Å². The largest absolute Gasteiger partial charge is 0.480 e. The van der Waals surface area contributed by atoms with Crippen LogP contribution in [-0.4, -0.2) is 50.0 Å². The number of hydrogen-bond acceptors (Lipinski definition) is 4. The second kappa shape index (κ2) is 7.61. The van der Waals surface area contributed by atoms with E-state index in [0.29, 0.717) is 29.8 Å². The SMILES string of the molecule is O=C(O)C1(S(=O)(=O)N2CCNCC2)CCc2c(-c3ccc(C(F)(F)F)cc3)cccc21. The Morgan fingerprint density at radius 2 is 1.71 bits per heavy atom. The van der Waals surface area contributed by atoms with Crippen molar-refractivity contribution in [2.75, 3.05) is 26.2 Å². The van der Waals surface area contributed by atoms with Gasteiger partial charge in [-0.15, -0.1) is 0 Å². The minimum atomic E-state index is -4.47. The standard InChI is InChI=1S/C21H21F3N2O4S/c22-21(23,24)15-6-4-14(5-7-15)16-2-1-3-18-17(16)8-9-20(18,19(27)28)31(29,30)26-12-10-25-11-13-26/h1-7,25H,8-13H2,(H,27,28). The Labute approximate surface area is 177 Å². The number of nitrogens with one attached hydrogen (secondary N) is 1. The summed E-state index contributed by atoms with van der Waals surface area (Å²) in [4.78, 5) is 12.4. The number of halogens is 3. The molecule has 1 atom stereocenters. The third-order valence-corrected chi connectivity index (χ3v) is 8.59. The molecule has 0 saturated carbocycles. The van der Waals surface area contributed by atoms with E-state index < -0.39 is 32.5 Å². The summed E-state index contributed by atoms with van der Waals surface area (Å²) in [6, 6.07) is 9.31. The number of carboxylic acids is 1. The highest BCUT2D eigenvalue weighted by atomic mass is 32.2. The highest BCUT2D eigenvalue weighted by molar-refractivity contribution is 7.90. The van der Waals surface area contributed by atoms with E-state index in [1.54, 1.807) is 12.1 Å². The molecule has 4 rings (SSSR count). The highest BCUT2D eigenvalue weighted by Gasteiger charge is 2.58. The van der Waals surface area contributed by atoms with E-state index in [1.165, 1.54) is 22.5 Å². The lowest BCUT2D eigenvalue weighted by molar-refractivity contribution is -0.140. The van der Waals surface area contributed by atoms with Gasteiger partial charge in [0.2, 0.25) is 14.8 Å². The molecule has 1 heterocycles. The van der Waals surface area contributed by atoms with E-state index in [2.05, 4.69) is 5.32 Å². The van der Waals surface area contributed by atoms with Gasteiger partial charge in [-0.2, -0.15) is 17.5 Å². The third-order valence-electron chi connectivity index (χ3n) is 6.06. The molecule has 6 nitrogen and oxygen atoms in total. The topological polar surface area (TPSA) is 86.7 Å². The van der Waals surface area contributed by atoms with Crippen molar-refractivity contribution in [3.05, 3.63) is 59.2 Å². The molecule has 2 N–H and O–H groups in total. The average Bonchev–Trinajstić information content (AvgIpc) is 3.15. The second-order valence-corrected chi connectivity index (χ2v) is 9.86. The van der Waals surface area contributed by atoms with Crippen molar-refractivity contribution in [1.29, 1.82) is 0 Å². The molecule has 2 aliphatic rings. The molecule has 2 aromatic carbocycles. The fourth-order valence-electron chi connectivity index (χ4n) is 4.48. The third kappa shape index (κ3) is 3.42. The number of alkyl halides is 3. The van der Waals surface area contributed by atoms with Gasteiger partial charge >= 0.3 is 12.1 Å². The van der Waals surface area contributed by atoms with Crippen LogP contribution in [0.2, 0.25) is 0 Å². The van der Waals surface area contributed by atoms with Gasteiger partial charge in [0.25, 0.3) is 0 Å². The van der Waals surface area contributed by atoms with Crippen molar-refractivity contribution in [2.24, 2.45) is 0 Å². The quantitative estimate of drug-likeness (QED) is 0.742. The maximum absolute atomic E-state index is 13.5. The Morgan fingerprint density at radius 1 is 1.06 bits per heavy atom. The van der Waals surface area contributed by atoms with Gasteiger partial charge in [0.05, 0.1) is 5.56 Å². The molecule has 1 unspecified atom stereocenters. The van der Waals surface area contributed by atoms with Crippen molar-refractivity contribution in [1.82, 2.24) is 9.62 Å². The van der Waals surface area contributed by atoms with Gasteiger partial charge in [0, 0.05) is 26.2 Å². The maximum atomic E-state index is 13.5. The number of carboxylic acid groups (broad SMARTS) is 1. The lowest BCUT2D eigenvalue weighted by atomic mass is 9.94. The first-order valence-electron chi connectivity index (χ1n) is 9.83. The zero-order chi connectivity index (χ0) is 22.4. The Kier molecular flexibility index (Phi) is 5.35. The van der Waals surface area contributed by atoms with Crippen LogP contribution in [0.3, 0.4) is 0 Å². The van der Waals surface area contributed by atoms with E-state index >= 15 is 0 Å². The van der Waals surface area contributed by atoms with Crippen LogP contribution in [-0.2, 0) is 32.2 Å². The number of benzene rings is 2. The molecule has 0 radical (unpaired) electrons. The number of aliphatic carboxylic acids is 1. The van der Waals surface area contributed by atoms with Gasteiger partial charge in [0.1, 0.15) is 0 Å². The fraction of sp³-hybridized carbons (Fsp3) is 0.381. The summed E-state index contributed by atoms with van der Waals surface area (Å²) in [6.45, 7) is 1.25. The van der Waals surface area contributed by atoms with Gasteiger partial charge < -0.3 is 10.4 Å². The Bertz CT molecular complexity index is 1110. The van der Waals surface area contributed by atoms with Gasteiger partial charge in [0.15, 0.2) is 0 Å². The van der Waals surface area contributed by atoms with Crippen molar-refractivity contribution < 1.29 is 31.5 Å². The molecule has 166 valence electrons. The summed E-state index contributed by atoms with van der Waals surface area (Å²) in [7, 11) is -4.22. The number of hydrogen-bond donors (Lipinski definition) is 2. The minimum absolute atomic E-state index is 0.123. The van der Waals surface area contributed by atoms with Crippen LogP contribution in [0.15, 0.2) is 42.5 Å². The summed E-state index contributed by atoms with van der Waals surface area (Å²) in [6.07, 6.45) is -4.39. The molecule has 1 aliphatic carbocycles. The van der Waals surface area contributed by atoms with Gasteiger partial charge in [-0.1, -0.05) is 30.3 Å². The van der Waals surface area contributed by atoms with Crippen molar-refractivity contribution in [3.63, 3.8) is 0 Å². The summed E-state index contributed by atoms with van der Waals surface area (Å²) in [5.74, 6) is -1.44. The number of carbonyl (C=O) groups is 1. The molecular formula is C21H21F3N2O4S. The van der Waals surface area contributed by atoms with Crippen LogP contribution in [0, 0.1) is 0 Å². The predicted molar refractivity (Wildman–Crippen MR) is 108 cm³/mol. The molecule has 0 bridgehead atoms. The van der Waals surface area contributed by atoms with E-state index in [0.717, 1.165) is 12.1 Å². The van der Waals surface area contributed by atoms with Crippen LogP contribution in [0.1, 0.15) is 23.1 Å². The molecule has 1 fully saturated rings. The molecule has 10 heteroatoms. The maximum Gasteiger partial charge on any atom is 0.416 e. The summed E-state index contributed by atoms with van der Waals surface area (Å²) >= 11 is 0.